The minimum absolute atomic E-state index is 0.642. The van der Waals surface area contributed by atoms with Crippen LogP contribution in [0.3, 0.4) is 0 Å². The SMILES string of the molecule is CC1CN(CCCCc2ccccc2)CC(C)N1. The van der Waals surface area contributed by atoms with Crippen molar-refractivity contribution in [3.05, 3.63) is 35.9 Å². The van der Waals surface area contributed by atoms with Crippen LogP contribution >= 0.6 is 0 Å². The van der Waals surface area contributed by atoms with E-state index in [1.54, 1.807) is 0 Å². The van der Waals surface area contributed by atoms with Crippen molar-refractivity contribution in [1.29, 1.82) is 0 Å². The molecule has 0 aromatic heterocycles. The predicted octanol–water partition coefficient (Wildman–Crippen LogP) is 2.69. The molecule has 1 aromatic carbocycles. The highest BCUT2D eigenvalue weighted by Crippen LogP contribution is 2.08. The van der Waals surface area contributed by atoms with E-state index in [4.69, 9.17) is 0 Å². The Hall–Kier alpha value is -0.860. The van der Waals surface area contributed by atoms with Crippen LogP contribution in [0.15, 0.2) is 30.3 Å². The van der Waals surface area contributed by atoms with E-state index in [-0.39, 0.29) is 0 Å². The first kappa shape index (κ1) is 13.6. The lowest BCUT2D eigenvalue weighted by molar-refractivity contribution is 0.171. The first-order chi connectivity index (χ1) is 8.74. The number of hydrogen-bond donors (Lipinski definition) is 1. The molecule has 0 bridgehead atoms. The summed E-state index contributed by atoms with van der Waals surface area (Å²) in [6.45, 7) is 8.23. The van der Waals surface area contributed by atoms with Crippen molar-refractivity contribution in [1.82, 2.24) is 10.2 Å². The van der Waals surface area contributed by atoms with Gasteiger partial charge in [-0.1, -0.05) is 30.3 Å². The molecule has 0 radical (unpaired) electrons. The molecule has 0 saturated carbocycles. The molecule has 1 aliphatic heterocycles. The summed E-state index contributed by atoms with van der Waals surface area (Å²) < 4.78 is 0. The van der Waals surface area contributed by atoms with E-state index < -0.39 is 0 Å². The highest BCUT2D eigenvalue weighted by molar-refractivity contribution is 5.14. The summed E-state index contributed by atoms with van der Waals surface area (Å²) in [4.78, 5) is 2.61. The summed E-state index contributed by atoms with van der Waals surface area (Å²) in [7, 11) is 0. The lowest BCUT2D eigenvalue weighted by atomic mass is 10.1. The van der Waals surface area contributed by atoms with Crippen molar-refractivity contribution < 1.29 is 0 Å². The monoisotopic (exact) mass is 246 g/mol. The molecule has 0 aliphatic carbocycles. The van der Waals surface area contributed by atoms with Gasteiger partial charge < -0.3 is 10.2 Å². The van der Waals surface area contributed by atoms with Crippen LogP contribution in [0.1, 0.15) is 32.3 Å². The number of hydrogen-bond acceptors (Lipinski definition) is 2. The standard InChI is InChI=1S/C16H26N2/c1-14-12-18(13-15(2)17-14)11-7-6-10-16-8-4-3-5-9-16/h3-5,8-9,14-15,17H,6-7,10-13H2,1-2H3. The molecule has 0 spiro atoms. The van der Waals surface area contributed by atoms with Crippen molar-refractivity contribution in [3.63, 3.8) is 0 Å². The molecule has 0 amide bonds. The van der Waals surface area contributed by atoms with Crippen molar-refractivity contribution in [2.24, 2.45) is 0 Å². The van der Waals surface area contributed by atoms with Crippen LogP contribution in [-0.2, 0) is 6.42 Å². The molecule has 2 rings (SSSR count). The van der Waals surface area contributed by atoms with Gasteiger partial charge in [-0.25, -0.2) is 0 Å². The fourth-order valence-electron chi connectivity index (χ4n) is 2.93. The van der Waals surface area contributed by atoms with Crippen LogP contribution in [0, 0.1) is 0 Å². The van der Waals surface area contributed by atoms with Crippen LogP contribution in [0.2, 0.25) is 0 Å². The number of nitrogens with zero attached hydrogens (tertiary/aromatic N) is 1. The van der Waals surface area contributed by atoms with E-state index in [2.05, 4.69) is 54.4 Å². The van der Waals surface area contributed by atoms with Gasteiger partial charge in [0.25, 0.3) is 0 Å². The molecule has 1 fully saturated rings. The number of nitrogens with one attached hydrogen (secondary N) is 1. The second-order valence-electron chi connectivity index (χ2n) is 5.67. The Kier molecular flexibility index (Phi) is 5.21. The van der Waals surface area contributed by atoms with E-state index in [1.807, 2.05) is 0 Å². The molecule has 1 aliphatic rings. The fourth-order valence-corrected chi connectivity index (χ4v) is 2.93. The molecule has 2 nitrogen and oxygen atoms in total. The van der Waals surface area contributed by atoms with E-state index in [0.717, 1.165) is 0 Å². The summed E-state index contributed by atoms with van der Waals surface area (Å²) in [6.07, 6.45) is 3.84. The molecule has 100 valence electrons. The Morgan fingerprint density at radius 1 is 1.06 bits per heavy atom. The maximum atomic E-state index is 3.58. The van der Waals surface area contributed by atoms with Gasteiger partial charge in [0.15, 0.2) is 0 Å². The van der Waals surface area contributed by atoms with Gasteiger partial charge in [0, 0.05) is 25.2 Å². The third kappa shape index (κ3) is 4.43. The number of benzene rings is 1. The molecule has 1 N–H and O–H groups in total. The van der Waals surface area contributed by atoms with Gasteiger partial charge in [0.2, 0.25) is 0 Å². The molecular weight excluding hydrogens is 220 g/mol. The number of piperazine rings is 1. The Bertz CT molecular complexity index is 326. The van der Waals surface area contributed by atoms with Gasteiger partial charge in [-0.05, 0) is 45.2 Å². The maximum Gasteiger partial charge on any atom is 0.0169 e. The predicted molar refractivity (Wildman–Crippen MR) is 77.9 cm³/mol. The Labute approximate surface area is 111 Å². The lowest BCUT2D eigenvalue weighted by Crippen LogP contribution is -2.54. The second-order valence-corrected chi connectivity index (χ2v) is 5.67. The Morgan fingerprint density at radius 3 is 2.39 bits per heavy atom. The molecular formula is C16H26N2. The normalized spacial score (nSPS) is 25.2. The van der Waals surface area contributed by atoms with Crippen molar-refractivity contribution in [2.45, 2.75) is 45.2 Å². The molecule has 1 saturated heterocycles. The third-order valence-corrected chi connectivity index (χ3v) is 3.67. The first-order valence-electron chi connectivity index (χ1n) is 7.26. The van der Waals surface area contributed by atoms with E-state index in [1.165, 1.54) is 44.5 Å². The fraction of sp³-hybridized carbons (Fsp3) is 0.625. The zero-order valence-electron chi connectivity index (χ0n) is 11.7. The van der Waals surface area contributed by atoms with Crippen molar-refractivity contribution in [2.75, 3.05) is 19.6 Å². The molecule has 2 heteroatoms. The van der Waals surface area contributed by atoms with Crippen LogP contribution in [0.5, 0.6) is 0 Å². The smallest absolute Gasteiger partial charge is 0.0169 e. The molecule has 2 atom stereocenters. The zero-order chi connectivity index (χ0) is 12.8. The second kappa shape index (κ2) is 6.91. The number of rotatable bonds is 5. The van der Waals surface area contributed by atoms with Crippen LogP contribution in [-0.4, -0.2) is 36.6 Å². The molecule has 1 aromatic rings. The van der Waals surface area contributed by atoms with Gasteiger partial charge in [-0.2, -0.15) is 0 Å². The van der Waals surface area contributed by atoms with Gasteiger partial charge >= 0.3 is 0 Å². The van der Waals surface area contributed by atoms with Crippen LogP contribution < -0.4 is 5.32 Å². The Morgan fingerprint density at radius 2 is 1.72 bits per heavy atom. The summed E-state index contributed by atoms with van der Waals surface area (Å²) in [5, 5.41) is 3.58. The minimum Gasteiger partial charge on any atom is -0.309 e. The van der Waals surface area contributed by atoms with E-state index in [9.17, 15) is 0 Å². The van der Waals surface area contributed by atoms with E-state index >= 15 is 0 Å². The summed E-state index contributed by atoms with van der Waals surface area (Å²) in [6, 6.07) is 12.1. The van der Waals surface area contributed by atoms with E-state index in [0.29, 0.717) is 12.1 Å². The maximum absolute atomic E-state index is 3.58. The number of aryl methyl sites for hydroxylation is 1. The topological polar surface area (TPSA) is 15.3 Å². The summed E-state index contributed by atoms with van der Waals surface area (Å²) in [5.74, 6) is 0. The van der Waals surface area contributed by atoms with Crippen molar-refractivity contribution >= 4 is 0 Å². The highest BCUT2D eigenvalue weighted by atomic mass is 15.2. The molecule has 2 unspecified atom stereocenters. The molecule has 1 heterocycles. The van der Waals surface area contributed by atoms with Crippen molar-refractivity contribution in [3.8, 4) is 0 Å². The number of unbranched alkanes of at least 4 members (excludes halogenated alkanes) is 1. The Balaban J connectivity index is 1.63. The molecule has 18 heavy (non-hydrogen) atoms. The van der Waals surface area contributed by atoms with Crippen LogP contribution in [0.4, 0.5) is 0 Å². The quantitative estimate of drug-likeness (QED) is 0.804. The van der Waals surface area contributed by atoms with Gasteiger partial charge in [-0.15, -0.1) is 0 Å². The summed E-state index contributed by atoms with van der Waals surface area (Å²) >= 11 is 0. The van der Waals surface area contributed by atoms with Gasteiger partial charge in [0.1, 0.15) is 0 Å². The van der Waals surface area contributed by atoms with Gasteiger partial charge in [0.05, 0.1) is 0 Å². The van der Waals surface area contributed by atoms with Gasteiger partial charge in [-0.3, -0.25) is 0 Å². The third-order valence-electron chi connectivity index (χ3n) is 3.67. The largest absolute Gasteiger partial charge is 0.309 e. The average molecular weight is 246 g/mol. The lowest BCUT2D eigenvalue weighted by Gasteiger charge is -2.36. The summed E-state index contributed by atoms with van der Waals surface area (Å²) in [5.41, 5.74) is 1.47. The highest BCUT2D eigenvalue weighted by Gasteiger charge is 2.19. The van der Waals surface area contributed by atoms with Crippen LogP contribution in [0.25, 0.3) is 0 Å². The minimum atomic E-state index is 0.642. The first-order valence-corrected chi connectivity index (χ1v) is 7.26. The zero-order valence-corrected chi connectivity index (χ0v) is 11.7. The average Bonchev–Trinajstić information content (AvgIpc) is 2.35.